The third-order valence-electron chi connectivity index (χ3n) is 3.16. The first-order valence-electron chi connectivity index (χ1n) is 6.53. The van der Waals surface area contributed by atoms with E-state index in [0.717, 1.165) is 45.7 Å². The van der Waals surface area contributed by atoms with E-state index >= 15 is 0 Å². The summed E-state index contributed by atoms with van der Waals surface area (Å²) in [6, 6.07) is 0.117. The highest BCUT2D eigenvalue weighted by atomic mass is 16.2. The molecule has 0 bridgehead atoms. The van der Waals surface area contributed by atoms with Crippen molar-refractivity contribution in [1.29, 1.82) is 0 Å². The zero-order chi connectivity index (χ0) is 11.8. The van der Waals surface area contributed by atoms with Crippen molar-refractivity contribution in [1.82, 2.24) is 15.1 Å². The Labute approximate surface area is 99.0 Å². The van der Waals surface area contributed by atoms with Gasteiger partial charge in [-0.3, -0.25) is 0 Å². The lowest BCUT2D eigenvalue weighted by molar-refractivity contribution is 0.143. The van der Waals surface area contributed by atoms with Gasteiger partial charge in [0.1, 0.15) is 0 Å². The fourth-order valence-corrected chi connectivity index (χ4v) is 1.95. The SMILES string of the molecule is CCCCCNC(=O)N1CCN(CC)CC1. The van der Waals surface area contributed by atoms with Crippen LogP contribution >= 0.6 is 0 Å². The van der Waals surface area contributed by atoms with Crippen LogP contribution in [0, 0.1) is 0 Å². The van der Waals surface area contributed by atoms with E-state index in [1.165, 1.54) is 12.8 Å². The van der Waals surface area contributed by atoms with Gasteiger partial charge < -0.3 is 15.1 Å². The molecule has 4 heteroatoms. The third-order valence-corrected chi connectivity index (χ3v) is 3.16. The van der Waals surface area contributed by atoms with Gasteiger partial charge in [-0.2, -0.15) is 0 Å². The van der Waals surface area contributed by atoms with Crippen molar-refractivity contribution in [3.63, 3.8) is 0 Å². The number of urea groups is 1. The van der Waals surface area contributed by atoms with Gasteiger partial charge in [-0.15, -0.1) is 0 Å². The van der Waals surface area contributed by atoms with Crippen molar-refractivity contribution >= 4 is 6.03 Å². The molecular weight excluding hydrogens is 202 g/mol. The van der Waals surface area contributed by atoms with Gasteiger partial charge in [-0.05, 0) is 13.0 Å². The quantitative estimate of drug-likeness (QED) is 0.723. The van der Waals surface area contributed by atoms with E-state index in [-0.39, 0.29) is 6.03 Å². The summed E-state index contributed by atoms with van der Waals surface area (Å²) in [7, 11) is 0. The number of unbranched alkanes of at least 4 members (excludes halogenated alkanes) is 2. The molecule has 1 rings (SSSR count). The Bertz CT molecular complexity index is 200. The van der Waals surface area contributed by atoms with E-state index in [1.54, 1.807) is 0 Å². The van der Waals surface area contributed by atoms with Gasteiger partial charge in [0, 0.05) is 32.7 Å². The Morgan fingerprint density at radius 3 is 2.38 bits per heavy atom. The molecule has 0 aromatic rings. The number of likely N-dealkylation sites (N-methyl/N-ethyl adjacent to an activating group) is 1. The molecule has 16 heavy (non-hydrogen) atoms. The van der Waals surface area contributed by atoms with Crippen LogP contribution in [0.5, 0.6) is 0 Å². The Morgan fingerprint density at radius 1 is 1.12 bits per heavy atom. The molecule has 1 aliphatic rings. The number of carbonyl (C=O) groups excluding carboxylic acids is 1. The fourth-order valence-electron chi connectivity index (χ4n) is 1.95. The summed E-state index contributed by atoms with van der Waals surface area (Å²) in [5.41, 5.74) is 0. The molecule has 0 unspecified atom stereocenters. The van der Waals surface area contributed by atoms with Gasteiger partial charge in [0.15, 0.2) is 0 Å². The monoisotopic (exact) mass is 227 g/mol. The Kier molecular flexibility index (Phi) is 6.23. The average Bonchev–Trinajstić information content (AvgIpc) is 2.34. The van der Waals surface area contributed by atoms with Crippen molar-refractivity contribution in [3.05, 3.63) is 0 Å². The van der Waals surface area contributed by atoms with Crippen LogP contribution < -0.4 is 5.32 Å². The maximum absolute atomic E-state index is 11.8. The van der Waals surface area contributed by atoms with Gasteiger partial charge in [0.05, 0.1) is 0 Å². The molecule has 1 saturated heterocycles. The number of amides is 2. The van der Waals surface area contributed by atoms with Crippen LogP contribution in [-0.2, 0) is 0 Å². The van der Waals surface area contributed by atoms with Gasteiger partial charge in [0.2, 0.25) is 0 Å². The highest BCUT2D eigenvalue weighted by Crippen LogP contribution is 2.01. The molecule has 1 N–H and O–H groups in total. The fraction of sp³-hybridized carbons (Fsp3) is 0.917. The summed E-state index contributed by atoms with van der Waals surface area (Å²) >= 11 is 0. The molecule has 1 fully saturated rings. The van der Waals surface area contributed by atoms with Gasteiger partial charge in [-0.1, -0.05) is 26.7 Å². The van der Waals surface area contributed by atoms with E-state index in [2.05, 4.69) is 24.1 Å². The molecule has 1 heterocycles. The second-order valence-corrected chi connectivity index (χ2v) is 4.36. The van der Waals surface area contributed by atoms with E-state index in [4.69, 9.17) is 0 Å². The molecular formula is C12H25N3O. The predicted molar refractivity (Wildman–Crippen MR) is 66.6 cm³/mol. The molecule has 0 aliphatic carbocycles. The number of carbonyl (C=O) groups is 1. The normalized spacial score (nSPS) is 17.5. The van der Waals surface area contributed by atoms with Crippen molar-refractivity contribution in [2.45, 2.75) is 33.1 Å². The lowest BCUT2D eigenvalue weighted by Gasteiger charge is -2.34. The molecule has 0 radical (unpaired) electrons. The Morgan fingerprint density at radius 2 is 1.81 bits per heavy atom. The van der Waals surface area contributed by atoms with E-state index in [9.17, 15) is 4.79 Å². The van der Waals surface area contributed by atoms with Crippen molar-refractivity contribution in [2.24, 2.45) is 0 Å². The summed E-state index contributed by atoms with van der Waals surface area (Å²) in [6.07, 6.45) is 3.49. The van der Waals surface area contributed by atoms with Gasteiger partial charge >= 0.3 is 6.03 Å². The molecule has 94 valence electrons. The van der Waals surface area contributed by atoms with Crippen LogP contribution in [0.1, 0.15) is 33.1 Å². The number of rotatable bonds is 5. The smallest absolute Gasteiger partial charge is 0.317 e. The molecule has 0 atom stereocenters. The van der Waals surface area contributed by atoms with E-state index in [1.807, 2.05) is 4.90 Å². The second kappa shape index (κ2) is 7.49. The van der Waals surface area contributed by atoms with Gasteiger partial charge in [-0.25, -0.2) is 4.79 Å². The van der Waals surface area contributed by atoms with Crippen molar-refractivity contribution in [2.75, 3.05) is 39.3 Å². The zero-order valence-corrected chi connectivity index (χ0v) is 10.7. The first-order valence-corrected chi connectivity index (χ1v) is 6.53. The molecule has 0 aromatic carbocycles. The van der Waals surface area contributed by atoms with E-state index in [0.29, 0.717) is 0 Å². The van der Waals surface area contributed by atoms with Crippen LogP contribution in [0.4, 0.5) is 4.79 Å². The highest BCUT2D eigenvalue weighted by molar-refractivity contribution is 5.74. The highest BCUT2D eigenvalue weighted by Gasteiger charge is 2.19. The van der Waals surface area contributed by atoms with Crippen LogP contribution in [0.2, 0.25) is 0 Å². The minimum absolute atomic E-state index is 0.117. The zero-order valence-electron chi connectivity index (χ0n) is 10.7. The summed E-state index contributed by atoms with van der Waals surface area (Å²) in [6.45, 7) is 10.0. The molecule has 2 amide bonds. The maximum atomic E-state index is 11.8. The minimum Gasteiger partial charge on any atom is -0.338 e. The molecule has 0 aromatic heterocycles. The largest absolute Gasteiger partial charge is 0.338 e. The first-order chi connectivity index (χ1) is 7.77. The summed E-state index contributed by atoms with van der Waals surface area (Å²) in [5.74, 6) is 0. The molecule has 1 aliphatic heterocycles. The molecule has 0 spiro atoms. The van der Waals surface area contributed by atoms with Crippen LogP contribution in [0.3, 0.4) is 0 Å². The maximum Gasteiger partial charge on any atom is 0.317 e. The van der Waals surface area contributed by atoms with Gasteiger partial charge in [0.25, 0.3) is 0 Å². The summed E-state index contributed by atoms with van der Waals surface area (Å²) in [5, 5.41) is 2.99. The van der Waals surface area contributed by atoms with Crippen LogP contribution in [-0.4, -0.2) is 55.1 Å². The van der Waals surface area contributed by atoms with Crippen molar-refractivity contribution in [3.8, 4) is 0 Å². The molecule has 0 saturated carbocycles. The summed E-state index contributed by atoms with van der Waals surface area (Å²) in [4.78, 5) is 16.1. The standard InChI is InChI=1S/C12H25N3O/c1-3-5-6-7-13-12(16)15-10-8-14(4-2)9-11-15/h3-11H2,1-2H3,(H,13,16). The first kappa shape index (κ1) is 13.3. The number of hydrogen-bond donors (Lipinski definition) is 1. The molecule has 4 nitrogen and oxygen atoms in total. The number of nitrogens with one attached hydrogen (secondary N) is 1. The van der Waals surface area contributed by atoms with Crippen LogP contribution in [0.25, 0.3) is 0 Å². The Balaban J connectivity index is 2.13. The number of piperazine rings is 1. The van der Waals surface area contributed by atoms with Crippen LogP contribution in [0.15, 0.2) is 0 Å². The topological polar surface area (TPSA) is 35.6 Å². The van der Waals surface area contributed by atoms with E-state index < -0.39 is 0 Å². The lowest BCUT2D eigenvalue weighted by atomic mass is 10.2. The minimum atomic E-state index is 0.117. The number of hydrogen-bond acceptors (Lipinski definition) is 2. The average molecular weight is 227 g/mol. The predicted octanol–water partition coefficient (Wildman–Crippen LogP) is 1.52. The van der Waals surface area contributed by atoms with Crippen molar-refractivity contribution < 1.29 is 4.79 Å². The number of nitrogens with zero attached hydrogens (tertiary/aromatic N) is 2. The Hall–Kier alpha value is -0.770. The third kappa shape index (κ3) is 4.39. The summed E-state index contributed by atoms with van der Waals surface area (Å²) < 4.78 is 0. The second-order valence-electron chi connectivity index (χ2n) is 4.36. The lowest BCUT2D eigenvalue weighted by Crippen LogP contribution is -2.51.